The average Bonchev–Trinajstić information content (AvgIpc) is 3.69. The summed E-state index contributed by atoms with van der Waals surface area (Å²) in [5.74, 6) is 1.12. The monoisotopic (exact) mass is 772 g/mol. The van der Waals surface area contributed by atoms with Gasteiger partial charge in [-0.3, -0.25) is 0 Å². The zero-order valence-corrected chi connectivity index (χ0v) is 33.1. The number of allylic oxidation sites excluding steroid dienone is 2. The minimum atomic E-state index is -0.0353. The first-order valence-electron chi connectivity index (χ1n) is 20.8. The molecule has 3 unspecified atom stereocenters. The second-order valence-electron chi connectivity index (χ2n) is 16.2. The molecule has 0 fully saturated rings. The number of pyridine rings is 2. The van der Waals surface area contributed by atoms with Gasteiger partial charge in [0, 0.05) is 51.4 Å². The third-order valence-electron chi connectivity index (χ3n) is 12.7. The molecular weight excluding hydrogens is 733 g/mol. The number of para-hydroxylation sites is 1. The van der Waals surface area contributed by atoms with E-state index in [0.29, 0.717) is 0 Å². The van der Waals surface area contributed by atoms with E-state index in [1.54, 1.807) is 0 Å². The highest BCUT2D eigenvalue weighted by Gasteiger charge is 2.33. The highest BCUT2D eigenvalue weighted by atomic mass is 16.3. The number of hydrogen-bond acceptors (Lipinski definition) is 5. The topological polar surface area (TPSA) is 54.2 Å². The highest BCUT2D eigenvalue weighted by molar-refractivity contribution is 6.01. The van der Waals surface area contributed by atoms with E-state index in [-0.39, 0.29) is 18.0 Å². The second kappa shape index (κ2) is 13.8. The van der Waals surface area contributed by atoms with Crippen molar-refractivity contribution in [2.75, 3.05) is 17.3 Å². The fourth-order valence-electron chi connectivity index (χ4n) is 9.65. The molecule has 3 atom stereocenters. The van der Waals surface area contributed by atoms with Gasteiger partial charge in [0.1, 0.15) is 11.3 Å². The van der Waals surface area contributed by atoms with Gasteiger partial charge in [-0.15, -0.1) is 0 Å². The van der Waals surface area contributed by atoms with Crippen LogP contribution < -0.4 is 10.2 Å². The summed E-state index contributed by atoms with van der Waals surface area (Å²) in [5, 5.41) is 7.35. The van der Waals surface area contributed by atoms with Gasteiger partial charge in [0.15, 0.2) is 0 Å². The Labute approximate surface area is 348 Å². The minimum Gasteiger partial charge on any atom is -0.456 e. The lowest BCUT2D eigenvalue weighted by Gasteiger charge is -2.38. The standard InChI is InChI=1S/C55H40N4O/c1-59-49(41-16-10-15-40(31-41)48-29-23-37-20-19-36-22-27-46(34-11-4-2-5-12-34)56-52(36)53(37)57-48)33-44(39-25-30-51-45(32-39)42-17-8-9-18-50(42)60-51)43-26-21-38-24-28-47(58-54(38)55(43)59)35-13-6-3-7-14-35/h2-31,33,39,48-49,57H,32H2,1H3. The maximum absolute atomic E-state index is 6.32. The van der Waals surface area contributed by atoms with Crippen LogP contribution in [-0.4, -0.2) is 17.0 Å². The van der Waals surface area contributed by atoms with Crippen LogP contribution in [0.3, 0.4) is 0 Å². The summed E-state index contributed by atoms with van der Waals surface area (Å²) in [7, 11) is 2.23. The molecule has 12 rings (SSSR count). The summed E-state index contributed by atoms with van der Waals surface area (Å²) in [4.78, 5) is 13.1. The molecule has 286 valence electrons. The first kappa shape index (κ1) is 34.5. The molecule has 3 aromatic heterocycles. The third kappa shape index (κ3) is 5.69. The fourth-order valence-corrected chi connectivity index (χ4v) is 9.65. The van der Waals surface area contributed by atoms with Gasteiger partial charge in [-0.05, 0) is 53.0 Å². The number of hydrogen-bond donors (Lipinski definition) is 1. The van der Waals surface area contributed by atoms with E-state index >= 15 is 0 Å². The fraction of sp³-hybridized carbons (Fsp3) is 0.0909. The highest BCUT2D eigenvalue weighted by Crippen LogP contribution is 2.49. The SMILES string of the molecule is CN1c2c(ccc3ccc(-c4ccccc4)nc23)C(C2C=Cc3oc4ccccc4c3C2)=CC1c1cccc(C2C=Cc3ccc4ccc(-c5ccccc5)nc4c3N2)c1. The van der Waals surface area contributed by atoms with Gasteiger partial charge >= 0.3 is 0 Å². The number of nitrogens with zero attached hydrogens (tertiary/aromatic N) is 3. The van der Waals surface area contributed by atoms with Gasteiger partial charge in [0.2, 0.25) is 0 Å². The van der Waals surface area contributed by atoms with Crippen molar-refractivity contribution < 1.29 is 4.42 Å². The summed E-state index contributed by atoms with van der Waals surface area (Å²) in [6.45, 7) is 0. The predicted molar refractivity (Wildman–Crippen MR) is 248 cm³/mol. The van der Waals surface area contributed by atoms with E-state index in [0.717, 1.165) is 79.0 Å². The Kier molecular flexibility index (Phi) is 7.95. The maximum atomic E-state index is 6.32. The minimum absolute atomic E-state index is 0.0279. The van der Waals surface area contributed by atoms with E-state index in [1.807, 2.05) is 12.1 Å². The van der Waals surface area contributed by atoms with Gasteiger partial charge < -0.3 is 14.6 Å². The molecule has 0 radical (unpaired) electrons. The molecule has 1 aliphatic carbocycles. The van der Waals surface area contributed by atoms with Crippen LogP contribution in [0, 0.1) is 5.92 Å². The van der Waals surface area contributed by atoms with E-state index < -0.39 is 0 Å². The number of fused-ring (bicyclic) bond motifs is 9. The molecule has 0 bridgehead atoms. The van der Waals surface area contributed by atoms with E-state index in [1.165, 1.54) is 33.2 Å². The summed E-state index contributed by atoms with van der Waals surface area (Å²) < 4.78 is 6.32. The Bertz CT molecular complexity index is 3250. The number of nitrogens with one attached hydrogen (secondary N) is 1. The first-order chi connectivity index (χ1) is 29.6. The van der Waals surface area contributed by atoms with Crippen LogP contribution in [-0.2, 0) is 6.42 Å². The lowest BCUT2D eigenvalue weighted by Crippen LogP contribution is -2.29. The van der Waals surface area contributed by atoms with Crippen molar-refractivity contribution in [3.8, 4) is 22.5 Å². The molecule has 9 aromatic rings. The van der Waals surface area contributed by atoms with Gasteiger partial charge in [0.25, 0.3) is 0 Å². The normalized spacial score (nSPS) is 17.9. The number of rotatable bonds is 5. The Balaban J connectivity index is 0.961. The molecule has 0 saturated heterocycles. The van der Waals surface area contributed by atoms with Gasteiger partial charge in [-0.1, -0.05) is 164 Å². The average molecular weight is 773 g/mol. The van der Waals surface area contributed by atoms with E-state index in [9.17, 15) is 0 Å². The molecule has 2 aliphatic heterocycles. The summed E-state index contributed by atoms with van der Waals surface area (Å²) in [6, 6.07) is 55.9. The first-order valence-corrected chi connectivity index (χ1v) is 20.8. The van der Waals surface area contributed by atoms with Crippen molar-refractivity contribution in [1.82, 2.24) is 9.97 Å². The van der Waals surface area contributed by atoms with Crippen molar-refractivity contribution in [2.45, 2.75) is 18.5 Å². The Hall–Kier alpha value is -7.50. The summed E-state index contributed by atoms with van der Waals surface area (Å²) in [5.41, 5.74) is 16.7. The largest absolute Gasteiger partial charge is 0.456 e. The van der Waals surface area contributed by atoms with Crippen molar-refractivity contribution in [3.63, 3.8) is 0 Å². The number of likely N-dealkylation sites (N-methyl/N-ethyl adjacent to an activating group) is 1. The zero-order valence-electron chi connectivity index (χ0n) is 33.1. The second-order valence-corrected chi connectivity index (χ2v) is 16.2. The van der Waals surface area contributed by atoms with Gasteiger partial charge in [-0.2, -0.15) is 0 Å². The van der Waals surface area contributed by atoms with Crippen LogP contribution >= 0.6 is 0 Å². The van der Waals surface area contributed by atoms with Crippen LogP contribution in [0.2, 0.25) is 0 Å². The lowest BCUT2D eigenvalue weighted by atomic mass is 9.79. The summed E-state index contributed by atoms with van der Waals surface area (Å²) in [6.07, 6.45) is 12.4. The molecule has 60 heavy (non-hydrogen) atoms. The molecule has 0 saturated carbocycles. The van der Waals surface area contributed by atoms with E-state index in [4.69, 9.17) is 14.4 Å². The van der Waals surface area contributed by atoms with Crippen molar-refractivity contribution in [2.24, 2.45) is 5.92 Å². The lowest BCUT2D eigenvalue weighted by molar-refractivity contribution is 0.590. The van der Waals surface area contributed by atoms with Crippen LogP contribution in [0.1, 0.15) is 45.7 Å². The van der Waals surface area contributed by atoms with Gasteiger partial charge in [0.05, 0.1) is 45.9 Å². The predicted octanol–water partition coefficient (Wildman–Crippen LogP) is 13.5. The molecule has 0 amide bonds. The summed E-state index contributed by atoms with van der Waals surface area (Å²) >= 11 is 0. The maximum Gasteiger partial charge on any atom is 0.135 e. The molecule has 5 heterocycles. The van der Waals surface area contributed by atoms with E-state index in [2.05, 4.69) is 193 Å². The Morgan fingerprint density at radius 1 is 0.633 bits per heavy atom. The molecule has 5 heteroatoms. The number of furan rings is 1. The Morgan fingerprint density at radius 3 is 2.12 bits per heavy atom. The molecule has 1 N–H and O–H groups in total. The van der Waals surface area contributed by atoms with Crippen LogP contribution in [0.15, 0.2) is 180 Å². The number of anilines is 2. The van der Waals surface area contributed by atoms with Crippen molar-refractivity contribution in [3.05, 3.63) is 210 Å². The molecule has 0 spiro atoms. The molecular formula is C55H40N4O. The smallest absolute Gasteiger partial charge is 0.135 e. The van der Waals surface area contributed by atoms with Crippen LogP contribution in [0.25, 0.3) is 73.0 Å². The quantitative estimate of drug-likeness (QED) is 0.189. The van der Waals surface area contributed by atoms with Crippen LogP contribution in [0.4, 0.5) is 11.4 Å². The van der Waals surface area contributed by atoms with Gasteiger partial charge in [-0.25, -0.2) is 9.97 Å². The zero-order chi connectivity index (χ0) is 39.7. The Morgan fingerprint density at radius 2 is 1.32 bits per heavy atom. The third-order valence-corrected chi connectivity index (χ3v) is 12.7. The number of aromatic nitrogens is 2. The molecule has 6 aromatic carbocycles. The van der Waals surface area contributed by atoms with Crippen LogP contribution in [0.5, 0.6) is 0 Å². The molecule has 3 aliphatic rings. The van der Waals surface area contributed by atoms with Crippen molar-refractivity contribution in [1.29, 1.82) is 0 Å². The van der Waals surface area contributed by atoms with Crippen molar-refractivity contribution >= 4 is 61.9 Å². The molecule has 5 nitrogen and oxygen atoms in total. The number of benzene rings is 6.